The molecule has 0 radical (unpaired) electrons. The fraction of sp³-hybridized carbons (Fsp3) is 0.556. The van der Waals surface area contributed by atoms with Gasteiger partial charge in [0.05, 0.1) is 6.61 Å². The molecule has 2 atom stereocenters. The van der Waals surface area contributed by atoms with E-state index in [1.165, 1.54) is 43.4 Å². The van der Waals surface area contributed by atoms with Gasteiger partial charge in [0.15, 0.2) is 0 Å². The molecule has 0 bridgehead atoms. The highest BCUT2D eigenvalue weighted by Gasteiger charge is 2.20. The van der Waals surface area contributed by atoms with E-state index in [1.54, 1.807) is 0 Å². The van der Waals surface area contributed by atoms with E-state index in [4.69, 9.17) is 4.74 Å². The first kappa shape index (κ1) is 13.7. The van der Waals surface area contributed by atoms with Crippen molar-refractivity contribution in [2.45, 2.75) is 51.0 Å². The Kier molecular flexibility index (Phi) is 4.41. The average molecular weight is 271 g/mol. The number of benzene rings is 1. The van der Waals surface area contributed by atoms with Crippen LogP contribution < -0.4 is 10.1 Å². The van der Waals surface area contributed by atoms with Crippen LogP contribution in [0.5, 0.6) is 5.75 Å². The Labute approximate surface area is 122 Å². The van der Waals surface area contributed by atoms with Crippen LogP contribution in [0, 0.1) is 0 Å². The Morgan fingerprint density at radius 1 is 1.30 bits per heavy atom. The maximum absolute atomic E-state index is 5.74. The van der Waals surface area contributed by atoms with Crippen molar-refractivity contribution in [2.24, 2.45) is 0 Å². The summed E-state index contributed by atoms with van der Waals surface area (Å²) in [6.07, 6.45) is 8.82. The van der Waals surface area contributed by atoms with Gasteiger partial charge >= 0.3 is 0 Å². The standard InChI is InChI=1S/C18H25NO/c1-14(13-16-6-4-5-10-19-16)12-15-9-11-20-18-8-3-2-7-17(15)18/h2-3,7-8,12,15-16,19H,4-6,9-11,13H2,1H3/b14-12-. The van der Waals surface area contributed by atoms with E-state index in [-0.39, 0.29) is 0 Å². The first-order chi connectivity index (χ1) is 9.83. The average Bonchev–Trinajstić information content (AvgIpc) is 2.48. The highest BCUT2D eigenvalue weighted by Crippen LogP contribution is 2.35. The summed E-state index contributed by atoms with van der Waals surface area (Å²) in [6.45, 7) is 4.32. The lowest BCUT2D eigenvalue weighted by molar-refractivity contribution is 0.278. The van der Waals surface area contributed by atoms with Gasteiger partial charge in [0.25, 0.3) is 0 Å². The van der Waals surface area contributed by atoms with E-state index in [2.05, 4.69) is 42.6 Å². The van der Waals surface area contributed by atoms with Crippen molar-refractivity contribution in [3.63, 3.8) is 0 Å². The molecule has 2 aliphatic rings. The second-order valence-electron chi connectivity index (χ2n) is 6.15. The van der Waals surface area contributed by atoms with Gasteiger partial charge in [0.1, 0.15) is 5.75 Å². The minimum Gasteiger partial charge on any atom is -0.493 e. The first-order valence-corrected chi connectivity index (χ1v) is 7.95. The minimum atomic E-state index is 0.531. The van der Waals surface area contributed by atoms with E-state index in [0.717, 1.165) is 18.8 Å². The Bertz CT molecular complexity index is 474. The Morgan fingerprint density at radius 3 is 3.05 bits per heavy atom. The lowest BCUT2D eigenvalue weighted by Gasteiger charge is -2.26. The zero-order chi connectivity index (χ0) is 13.8. The monoisotopic (exact) mass is 271 g/mol. The van der Waals surface area contributed by atoms with E-state index in [9.17, 15) is 0 Å². The fourth-order valence-corrected chi connectivity index (χ4v) is 3.44. The number of ether oxygens (including phenoxy) is 1. The van der Waals surface area contributed by atoms with Crippen molar-refractivity contribution in [2.75, 3.05) is 13.2 Å². The second-order valence-corrected chi connectivity index (χ2v) is 6.15. The summed E-state index contributed by atoms with van der Waals surface area (Å²) in [6, 6.07) is 9.17. The maximum atomic E-state index is 5.74. The van der Waals surface area contributed by atoms with Crippen molar-refractivity contribution in [3.8, 4) is 5.75 Å². The number of nitrogens with one attached hydrogen (secondary N) is 1. The Balaban J connectivity index is 1.68. The zero-order valence-electron chi connectivity index (χ0n) is 12.4. The molecule has 2 heterocycles. The van der Waals surface area contributed by atoms with Gasteiger partial charge in [-0.1, -0.05) is 36.3 Å². The number of piperidine rings is 1. The summed E-state index contributed by atoms with van der Waals surface area (Å²) in [5, 5.41) is 3.64. The van der Waals surface area contributed by atoms with Crippen LogP contribution >= 0.6 is 0 Å². The summed E-state index contributed by atoms with van der Waals surface area (Å²) in [5.74, 6) is 1.60. The van der Waals surface area contributed by atoms with Gasteiger partial charge in [0.2, 0.25) is 0 Å². The van der Waals surface area contributed by atoms with E-state index in [0.29, 0.717) is 12.0 Å². The van der Waals surface area contributed by atoms with Crippen LogP contribution in [0.1, 0.15) is 50.5 Å². The summed E-state index contributed by atoms with van der Waals surface area (Å²) < 4.78 is 5.74. The zero-order valence-corrected chi connectivity index (χ0v) is 12.4. The molecule has 2 aliphatic heterocycles. The van der Waals surface area contributed by atoms with E-state index < -0.39 is 0 Å². The summed E-state index contributed by atoms with van der Waals surface area (Å²) in [7, 11) is 0. The molecule has 1 aromatic rings. The van der Waals surface area contributed by atoms with Crippen LogP contribution in [-0.4, -0.2) is 19.2 Å². The normalized spacial score (nSPS) is 26.8. The van der Waals surface area contributed by atoms with Crippen LogP contribution in [0.3, 0.4) is 0 Å². The predicted molar refractivity (Wildman–Crippen MR) is 83.3 cm³/mol. The SMILES string of the molecule is C/C(=C/C1CCOc2ccccc21)CC1CCCCN1. The number of hydrogen-bond acceptors (Lipinski definition) is 2. The van der Waals surface area contributed by atoms with Gasteiger partial charge in [0, 0.05) is 17.5 Å². The highest BCUT2D eigenvalue weighted by molar-refractivity contribution is 5.40. The molecule has 0 spiro atoms. The molecule has 1 saturated heterocycles. The third kappa shape index (κ3) is 3.24. The number of para-hydroxylation sites is 1. The van der Waals surface area contributed by atoms with Crippen molar-refractivity contribution >= 4 is 0 Å². The van der Waals surface area contributed by atoms with Crippen molar-refractivity contribution in [3.05, 3.63) is 41.5 Å². The van der Waals surface area contributed by atoms with Crippen LogP contribution in [0.15, 0.2) is 35.9 Å². The largest absolute Gasteiger partial charge is 0.493 e. The van der Waals surface area contributed by atoms with E-state index in [1.807, 2.05) is 0 Å². The van der Waals surface area contributed by atoms with Gasteiger partial charge < -0.3 is 10.1 Å². The predicted octanol–water partition coefficient (Wildman–Crippen LogP) is 4.03. The number of rotatable bonds is 3. The number of hydrogen-bond donors (Lipinski definition) is 1. The smallest absolute Gasteiger partial charge is 0.123 e. The minimum absolute atomic E-state index is 0.531. The Hall–Kier alpha value is -1.28. The van der Waals surface area contributed by atoms with E-state index >= 15 is 0 Å². The molecule has 0 aliphatic carbocycles. The third-order valence-electron chi connectivity index (χ3n) is 4.47. The Morgan fingerprint density at radius 2 is 2.20 bits per heavy atom. The molecule has 0 saturated carbocycles. The molecule has 0 amide bonds. The molecule has 1 aromatic carbocycles. The second kappa shape index (κ2) is 6.45. The maximum Gasteiger partial charge on any atom is 0.123 e. The summed E-state index contributed by atoms with van der Waals surface area (Å²) in [5.41, 5.74) is 2.88. The molecule has 2 unspecified atom stereocenters. The fourth-order valence-electron chi connectivity index (χ4n) is 3.44. The van der Waals surface area contributed by atoms with Crippen molar-refractivity contribution in [1.82, 2.24) is 5.32 Å². The molecular formula is C18H25NO. The molecule has 20 heavy (non-hydrogen) atoms. The molecule has 1 fully saturated rings. The van der Waals surface area contributed by atoms with Gasteiger partial charge in [-0.2, -0.15) is 0 Å². The summed E-state index contributed by atoms with van der Waals surface area (Å²) in [4.78, 5) is 0. The van der Waals surface area contributed by atoms with Crippen molar-refractivity contribution < 1.29 is 4.74 Å². The molecule has 2 nitrogen and oxygen atoms in total. The molecule has 3 rings (SSSR count). The number of fused-ring (bicyclic) bond motifs is 1. The lowest BCUT2D eigenvalue weighted by Crippen LogP contribution is -2.34. The number of allylic oxidation sites excluding steroid dienone is 1. The van der Waals surface area contributed by atoms with Gasteiger partial charge in [-0.25, -0.2) is 0 Å². The van der Waals surface area contributed by atoms with Crippen LogP contribution in [0.2, 0.25) is 0 Å². The molecule has 1 N–H and O–H groups in total. The molecular weight excluding hydrogens is 246 g/mol. The molecule has 2 heteroatoms. The highest BCUT2D eigenvalue weighted by atomic mass is 16.5. The lowest BCUT2D eigenvalue weighted by atomic mass is 9.89. The third-order valence-corrected chi connectivity index (χ3v) is 4.47. The van der Waals surface area contributed by atoms with Gasteiger partial charge in [-0.15, -0.1) is 0 Å². The van der Waals surface area contributed by atoms with Gasteiger partial charge in [-0.3, -0.25) is 0 Å². The van der Waals surface area contributed by atoms with Crippen LogP contribution in [0.25, 0.3) is 0 Å². The van der Waals surface area contributed by atoms with Crippen LogP contribution in [0.4, 0.5) is 0 Å². The first-order valence-electron chi connectivity index (χ1n) is 7.95. The molecule has 108 valence electrons. The molecule has 0 aromatic heterocycles. The van der Waals surface area contributed by atoms with Crippen LogP contribution in [-0.2, 0) is 0 Å². The summed E-state index contributed by atoms with van der Waals surface area (Å²) >= 11 is 0. The topological polar surface area (TPSA) is 21.3 Å². The van der Waals surface area contributed by atoms with Crippen molar-refractivity contribution in [1.29, 1.82) is 0 Å². The van der Waals surface area contributed by atoms with Gasteiger partial charge in [-0.05, 0) is 45.2 Å². The quantitative estimate of drug-likeness (QED) is 0.838.